The third-order valence-electron chi connectivity index (χ3n) is 2.67. The standard InChI is InChI=1S/C12H15N5O/c1-2-9-10(13)11(12(14)18)17(16-9)7-8-5-3-4-6-15-8/h3-6H,2,7,13H2,1H3,(H2,14,18). The van der Waals surface area contributed by atoms with E-state index >= 15 is 0 Å². The number of hydrogen-bond donors (Lipinski definition) is 2. The first-order valence-corrected chi connectivity index (χ1v) is 5.68. The highest BCUT2D eigenvalue weighted by atomic mass is 16.1. The predicted octanol–water partition coefficient (Wildman–Crippen LogP) is 0.570. The SMILES string of the molecule is CCc1nn(Cc2ccccn2)c(C(N)=O)c1N. The maximum atomic E-state index is 11.4. The van der Waals surface area contributed by atoms with Crippen LogP contribution in [0.5, 0.6) is 0 Å². The van der Waals surface area contributed by atoms with Crippen molar-refractivity contribution in [2.24, 2.45) is 5.73 Å². The number of aromatic nitrogens is 3. The summed E-state index contributed by atoms with van der Waals surface area (Å²) in [6, 6.07) is 5.56. The molecule has 94 valence electrons. The molecule has 0 unspecified atom stereocenters. The van der Waals surface area contributed by atoms with Crippen LogP contribution >= 0.6 is 0 Å². The Hall–Kier alpha value is -2.37. The summed E-state index contributed by atoms with van der Waals surface area (Å²) < 4.78 is 1.51. The summed E-state index contributed by atoms with van der Waals surface area (Å²) in [5.41, 5.74) is 13.3. The predicted molar refractivity (Wildman–Crippen MR) is 67.9 cm³/mol. The number of carbonyl (C=O) groups excluding carboxylic acids is 1. The van der Waals surface area contributed by atoms with E-state index in [1.807, 2.05) is 25.1 Å². The summed E-state index contributed by atoms with van der Waals surface area (Å²) in [5.74, 6) is -0.573. The second-order valence-corrected chi connectivity index (χ2v) is 3.91. The third kappa shape index (κ3) is 2.17. The van der Waals surface area contributed by atoms with Gasteiger partial charge in [0.2, 0.25) is 0 Å². The van der Waals surface area contributed by atoms with Gasteiger partial charge in [0.1, 0.15) is 5.69 Å². The lowest BCUT2D eigenvalue weighted by Gasteiger charge is -2.04. The van der Waals surface area contributed by atoms with E-state index in [0.29, 0.717) is 24.3 Å². The minimum Gasteiger partial charge on any atom is -0.395 e. The summed E-state index contributed by atoms with van der Waals surface area (Å²) in [4.78, 5) is 15.6. The summed E-state index contributed by atoms with van der Waals surface area (Å²) in [6.07, 6.45) is 2.34. The molecular formula is C12H15N5O. The van der Waals surface area contributed by atoms with Crippen LogP contribution in [0.4, 0.5) is 5.69 Å². The van der Waals surface area contributed by atoms with Gasteiger partial charge in [-0.15, -0.1) is 0 Å². The molecule has 0 radical (unpaired) electrons. The summed E-state index contributed by atoms with van der Waals surface area (Å²) in [7, 11) is 0. The Morgan fingerprint density at radius 3 is 2.78 bits per heavy atom. The molecule has 2 heterocycles. The van der Waals surface area contributed by atoms with Crippen molar-refractivity contribution in [1.29, 1.82) is 0 Å². The number of nitrogen functional groups attached to an aromatic ring is 1. The molecule has 0 spiro atoms. The van der Waals surface area contributed by atoms with Crippen LogP contribution in [0.1, 0.15) is 28.8 Å². The molecule has 2 rings (SSSR count). The number of anilines is 1. The molecule has 2 aromatic heterocycles. The molecule has 4 N–H and O–H groups in total. The van der Waals surface area contributed by atoms with E-state index in [-0.39, 0.29) is 5.69 Å². The lowest BCUT2D eigenvalue weighted by Crippen LogP contribution is -2.19. The molecule has 0 aliphatic carbocycles. The van der Waals surface area contributed by atoms with Crippen molar-refractivity contribution in [3.8, 4) is 0 Å². The first-order chi connectivity index (χ1) is 8.63. The number of pyridine rings is 1. The van der Waals surface area contributed by atoms with Crippen molar-refractivity contribution in [1.82, 2.24) is 14.8 Å². The lowest BCUT2D eigenvalue weighted by atomic mass is 10.2. The second kappa shape index (κ2) is 4.87. The highest BCUT2D eigenvalue weighted by Gasteiger charge is 2.18. The topological polar surface area (TPSA) is 99.8 Å². The highest BCUT2D eigenvalue weighted by molar-refractivity contribution is 5.96. The van der Waals surface area contributed by atoms with E-state index in [1.54, 1.807) is 6.20 Å². The maximum Gasteiger partial charge on any atom is 0.269 e. The van der Waals surface area contributed by atoms with Crippen molar-refractivity contribution in [3.05, 3.63) is 41.5 Å². The molecule has 6 nitrogen and oxygen atoms in total. The Bertz CT molecular complexity index is 561. The minimum atomic E-state index is -0.573. The van der Waals surface area contributed by atoms with E-state index in [1.165, 1.54) is 4.68 Å². The molecule has 18 heavy (non-hydrogen) atoms. The lowest BCUT2D eigenvalue weighted by molar-refractivity contribution is 0.0991. The first kappa shape index (κ1) is 12.1. The molecule has 1 amide bonds. The molecule has 0 atom stereocenters. The van der Waals surface area contributed by atoms with Crippen LogP contribution < -0.4 is 11.5 Å². The number of aryl methyl sites for hydroxylation is 1. The van der Waals surface area contributed by atoms with E-state index < -0.39 is 5.91 Å². The number of carbonyl (C=O) groups is 1. The second-order valence-electron chi connectivity index (χ2n) is 3.91. The Morgan fingerprint density at radius 1 is 1.44 bits per heavy atom. The maximum absolute atomic E-state index is 11.4. The summed E-state index contributed by atoms with van der Waals surface area (Å²) >= 11 is 0. The third-order valence-corrected chi connectivity index (χ3v) is 2.67. The molecule has 0 saturated carbocycles. The van der Waals surface area contributed by atoms with Crippen molar-refractivity contribution in [3.63, 3.8) is 0 Å². The van der Waals surface area contributed by atoms with Crippen molar-refractivity contribution in [2.75, 3.05) is 5.73 Å². The minimum absolute atomic E-state index is 0.248. The van der Waals surface area contributed by atoms with E-state index in [4.69, 9.17) is 11.5 Å². The molecule has 0 bridgehead atoms. The van der Waals surface area contributed by atoms with Crippen LogP contribution in [0.15, 0.2) is 24.4 Å². The fourth-order valence-electron chi connectivity index (χ4n) is 1.81. The number of primary amides is 1. The fraction of sp³-hybridized carbons (Fsp3) is 0.250. The zero-order valence-corrected chi connectivity index (χ0v) is 10.1. The van der Waals surface area contributed by atoms with Crippen LogP contribution in [-0.4, -0.2) is 20.7 Å². The number of nitrogens with two attached hydrogens (primary N) is 2. The van der Waals surface area contributed by atoms with Gasteiger partial charge in [-0.2, -0.15) is 5.10 Å². The molecule has 0 aromatic carbocycles. The Balaban J connectivity index is 2.41. The Morgan fingerprint density at radius 2 is 2.22 bits per heavy atom. The summed E-state index contributed by atoms with van der Waals surface area (Å²) in [5, 5.41) is 4.30. The molecule has 2 aromatic rings. The van der Waals surface area contributed by atoms with Gasteiger partial charge in [0.25, 0.3) is 5.91 Å². The van der Waals surface area contributed by atoms with Gasteiger partial charge in [-0.3, -0.25) is 14.5 Å². The van der Waals surface area contributed by atoms with Crippen LogP contribution in [0.2, 0.25) is 0 Å². The van der Waals surface area contributed by atoms with Gasteiger partial charge in [-0.25, -0.2) is 0 Å². The Kier molecular flexibility index (Phi) is 3.27. The monoisotopic (exact) mass is 245 g/mol. The van der Waals surface area contributed by atoms with Gasteiger partial charge >= 0.3 is 0 Å². The molecule has 0 fully saturated rings. The van der Waals surface area contributed by atoms with Gasteiger partial charge < -0.3 is 11.5 Å². The van der Waals surface area contributed by atoms with Gasteiger partial charge in [0.15, 0.2) is 0 Å². The van der Waals surface area contributed by atoms with Crippen molar-refractivity contribution >= 4 is 11.6 Å². The zero-order chi connectivity index (χ0) is 13.1. The molecule has 6 heteroatoms. The first-order valence-electron chi connectivity index (χ1n) is 5.68. The van der Waals surface area contributed by atoms with Gasteiger partial charge in [-0.05, 0) is 18.6 Å². The van der Waals surface area contributed by atoms with E-state index in [0.717, 1.165) is 5.69 Å². The van der Waals surface area contributed by atoms with Crippen molar-refractivity contribution in [2.45, 2.75) is 19.9 Å². The Labute approximate surface area is 105 Å². The molecule has 0 aliphatic rings. The van der Waals surface area contributed by atoms with Crippen LogP contribution in [-0.2, 0) is 13.0 Å². The van der Waals surface area contributed by atoms with Gasteiger partial charge in [0, 0.05) is 6.20 Å². The molecular weight excluding hydrogens is 230 g/mol. The van der Waals surface area contributed by atoms with E-state index in [2.05, 4.69) is 10.1 Å². The van der Waals surface area contributed by atoms with Crippen molar-refractivity contribution < 1.29 is 4.79 Å². The smallest absolute Gasteiger partial charge is 0.269 e. The number of hydrogen-bond acceptors (Lipinski definition) is 4. The number of rotatable bonds is 4. The largest absolute Gasteiger partial charge is 0.395 e. The van der Waals surface area contributed by atoms with Crippen LogP contribution in [0.3, 0.4) is 0 Å². The number of amides is 1. The van der Waals surface area contributed by atoms with Gasteiger partial charge in [-0.1, -0.05) is 13.0 Å². The molecule has 0 saturated heterocycles. The molecule has 0 aliphatic heterocycles. The zero-order valence-electron chi connectivity index (χ0n) is 10.1. The van der Waals surface area contributed by atoms with E-state index in [9.17, 15) is 4.79 Å². The number of nitrogens with zero attached hydrogens (tertiary/aromatic N) is 3. The quantitative estimate of drug-likeness (QED) is 0.822. The average molecular weight is 245 g/mol. The average Bonchev–Trinajstić information content (AvgIpc) is 2.66. The summed E-state index contributed by atoms with van der Waals surface area (Å²) in [6.45, 7) is 2.30. The fourth-order valence-corrected chi connectivity index (χ4v) is 1.81. The van der Waals surface area contributed by atoms with Crippen LogP contribution in [0.25, 0.3) is 0 Å². The normalized spacial score (nSPS) is 10.5. The van der Waals surface area contributed by atoms with Crippen LogP contribution in [0, 0.1) is 0 Å². The highest BCUT2D eigenvalue weighted by Crippen LogP contribution is 2.18. The van der Waals surface area contributed by atoms with Gasteiger partial charge in [0.05, 0.1) is 23.6 Å².